The fourth-order valence-corrected chi connectivity index (χ4v) is 3.33. The van der Waals surface area contributed by atoms with Gasteiger partial charge in [-0.1, -0.05) is 12.1 Å². The molecule has 0 atom stereocenters. The Balaban J connectivity index is 1.55. The van der Waals surface area contributed by atoms with Crippen LogP contribution in [-0.2, 0) is 6.54 Å². The molecule has 0 bridgehead atoms. The summed E-state index contributed by atoms with van der Waals surface area (Å²) < 4.78 is 15.3. The number of rotatable bonds is 8. The van der Waals surface area contributed by atoms with Gasteiger partial charge in [0.1, 0.15) is 11.9 Å². The van der Waals surface area contributed by atoms with Crippen LogP contribution < -0.4 is 10.7 Å². The number of hydrogen-bond acceptors (Lipinski definition) is 7. The molecule has 0 unspecified atom stereocenters. The summed E-state index contributed by atoms with van der Waals surface area (Å²) in [5.41, 5.74) is 5.14. The maximum atomic E-state index is 13.5. The number of carbonyl (C=O) groups is 1. The van der Waals surface area contributed by atoms with Gasteiger partial charge in [-0.25, -0.2) is 9.37 Å². The Hall–Kier alpha value is -4.39. The Morgan fingerprint density at radius 1 is 1.38 bits per heavy atom. The standard InChI is InChI=1S/C22H19FN8O/c23-17-3-1-2-14(8-17)13-31-20(15-4-5-15)19(12-28-31)22(32)29-18-9-16(10-25)21(26-11-18)30-27-7-6-24/h1-3,6-9,11-12,15,24H,4-5,13H2,(H,26,30)(H,29,32)/b24-6?,27-7-. The SMILES string of the molecule is N#Cc1cc(NC(=O)c2cnn(Cc3cccc(F)c3)c2C2CC2)cnc1N/N=C\C=N. The third-order valence-corrected chi connectivity index (χ3v) is 4.90. The van der Waals surface area contributed by atoms with Gasteiger partial charge in [-0.15, -0.1) is 0 Å². The van der Waals surface area contributed by atoms with Gasteiger partial charge >= 0.3 is 0 Å². The Bertz CT molecular complexity index is 1240. The number of nitriles is 1. The topological polar surface area (TPSA) is 132 Å². The van der Waals surface area contributed by atoms with E-state index in [1.54, 1.807) is 10.7 Å². The van der Waals surface area contributed by atoms with Gasteiger partial charge < -0.3 is 10.7 Å². The minimum Gasteiger partial charge on any atom is -0.320 e. The molecule has 160 valence electrons. The van der Waals surface area contributed by atoms with Crippen molar-refractivity contribution in [2.24, 2.45) is 5.10 Å². The van der Waals surface area contributed by atoms with E-state index >= 15 is 0 Å². The zero-order valence-corrected chi connectivity index (χ0v) is 16.9. The van der Waals surface area contributed by atoms with Crippen LogP contribution in [0.3, 0.4) is 0 Å². The number of halogens is 1. The van der Waals surface area contributed by atoms with E-state index in [-0.39, 0.29) is 29.0 Å². The van der Waals surface area contributed by atoms with Gasteiger partial charge in [0.25, 0.3) is 5.91 Å². The number of pyridine rings is 1. The number of amides is 1. The average molecular weight is 430 g/mol. The molecule has 1 aliphatic rings. The maximum absolute atomic E-state index is 13.5. The normalized spacial score (nSPS) is 13.0. The summed E-state index contributed by atoms with van der Waals surface area (Å²) in [7, 11) is 0. The van der Waals surface area contributed by atoms with Crippen molar-refractivity contribution in [2.75, 3.05) is 10.7 Å². The van der Waals surface area contributed by atoms with Gasteiger partial charge in [0.05, 0.1) is 47.7 Å². The van der Waals surface area contributed by atoms with Crippen molar-refractivity contribution in [3.63, 3.8) is 0 Å². The van der Waals surface area contributed by atoms with E-state index in [0.717, 1.165) is 30.3 Å². The molecule has 1 aromatic carbocycles. The minimum atomic E-state index is -0.356. The molecule has 32 heavy (non-hydrogen) atoms. The summed E-state index contributed by atoms with van der Waals surface area (Å²) in [6, 6.07) is 9.79. The lowest BCUT2D eigenvalue weighted by atomic mass is 10.1. The largest absolute Gasteiger partial charge is 0.320 e. The number of hydrogen-bond donors (Lipinski definition) is 3. The first-order valence-electron chi connectivity index (χ1n) is 9.89. The quantitative estimate of drug-likeness (QED) is 0.372. The Kier molecular flexibility index (Phi) is 5.98. The predicted molar refractivity (Wildman–Crippen MR) is 118 cm³/mol. The van der Waals surface area contributed by atoms with E-state index in [2.05, 4.69) is 25.9 Å². The summed E-state index contributed by atoms with van der Waals surface area (Å²) >= 11 is 0. The monoisotopic (exact) mass is 430 g/mol. The number of aromatic nitrogens is 3. The number of nitrogens with one attached hydrogen (secondary N) is 3. The number of benzene rings is 1. The first-order valence-corrected chi connectivity index (χ1v) is 9.89. The lowest BCUT2D eigenvalue weighted by Gasteiger charge is -2.10. The maximum Gasteiger partial charge on any atom is 0.259 e. The molecule has 10 heteroatoms. The van der Waals surface area contributed by atoms with Gasteiger partial charge in [-0.05, 0) is 36.6 Å². The fourth-order valence-electron chi connectivity index (χ4n) is 3.33. The van der Waals surface area contributed by atoms with Crippen LogP contribution >= 0.6 is 0 Å². The van der Waals surface area contributed by atoms with Crippen LogP contribution in [0.15, 0.2) is 47.8 Å². The number of anilines is 2. The van der Waals surface area contributed by atoms with Gasteiger partial charge in [0.2, 0.25) is 0 Å². The van der Waals surface area contributed by atoms with Crippen molar-refractivity contribution in [3.05, 3.63) is 70.9 Å². The number of nitrogens with zero attached hydrogens (tertiary/aromatic N) is 5. The molecule has 0 spiro atoms. The molecule has 3 N–H and O–H groups in total. The lowest BCUT2D eigenvalue weighted by molar-refractivity contribution is 0.102. The summed E-state index contributed by atoms with van der Waals surface area (Å²) in [6.07, 6.45) is 7.05. The van der Waals surface area contributed by atoms with E-state index in [1.165, 1.54) is 36.8 Å². The molecule has 9 nitrogen and oxygen atoms in total. The molecule has 2 heterocycles. The van der Waals surface area contributed by atoms with Gasteiger partial charge in [0, 0.05) is 12.1 Å². The van der Waals surface area contributed by atoms with Crippen molar-refractivity contribution in [2.45, 2.75) is 25.3 Å². The summed E-state index contributed by atoms with van der Waals surface area (Å²) in [6.45, 7) is 0.369. The second-order valence-electron chi connectivity index (χ2n) is 7.25. The molecule has 1 aliphatic carbocycles. The van der Waals surface area contributed by atoms with Crippen LogP contribution in [0.2, 0.25) is 0 Å². The van der Waals surface area contributed by atoms with Crippen molar-refractivity contribution in [3.8, 4) is 6.07 Å². The molecule has 2 aromatic heterocycles. The molecule has 3 aromatic rings. The Morgan fingerprint density at radius 3 is 2.94 bits per heavy atom. The summed E-state index contributed by atoms with van der Waals surface area (Å²) in [4.78, 5) is 17.1. The smallest absolute Gasteiger partial charge is 0.259 e. The highest BCUT2D eigenvalue weighted by Gasteiger charge is 2.32. The molecule has 1 fully saturated rings. The van der Waals surface area contributed by atoms with E-state index in [0.29, 0.717) is 17.8 Å². The van der Waals surface area contributed by atoms with Crippen molar-refractivity contribution < 1.29 is 9.18 Å². The molecule has 1 amide bonds. The summed E-state index contributed by atoms with van der Waals surface area (Å²) in [5.74, 6) is -0.225. The van der Waals surface area contributed by atoms with Crippen LogP contribution in [0.4, 0.5) is 15.9 Å². The van der Waals surface area contributed by atoms with Crippen LogP contribution in [0.5, 0.6) is 0 Å². The average Bonchev–Trinajstić information content (AvgIpc) is 3.54. The number of carbonyl (C=O) groups excluding carboxylic acids is 1. The Morgan fingerprint density at radius 2 is 2.22 bits per heavy atom. The lowest BCUT2D eigenvalue weighted by Crippen LogP contribution is -2.15. The highest BCUT2D eigenvalue weighted by molar-refractivity contribution is 6.14. The first-order chi connectivity index (χ1) is 15.6. The van der Waals surface area contributed by atoms with Gasteiger partial charge in [-0.2, -0.15) is 15.5 Å². The second-order valence-corrected chi connectivity index (χ2v) is 7.25. The third kappa shape index (κ3) is 4.67. The van der Waals surface area contributed by atoms with Crippen LogP contribution in [0.1, 0.15) is 45.9 Å². The zero-order chi connectivity index (χ0) is 22.5. The highest BCUT2D eigenvalue weighted by atomic mass is 19.1. The van der Waals surface area contributed by atoms with E-state index < -0.39 is 0 Å². The van der Waals surface area contributed by atoms with E-state index in [4.69, 9.17) is 5.41 Å². The van der Waals surface area contributed by atoms with Crippen LogP contribution in [0.25, 0.3) is 0 Å². The molecular weight excluding hydrogens is 411 g/mol. The van der Waals surface area contributed by atoms with Crippen LogP contribution in [-0.4, -0.2) is 33.1 Å². The van der Waals surface area contributed by atoms with Gasteiger partial charge in [-0.3, -0.25) is 14.9 Å². The highest BCUT2D eigenvalue weighted by Crippen LogP contribution is 2.42. The fraction of sp³-hybridized carbons (Fsp3) is 0.182. The Labute approximate surface area is 183 Å². The molecule has 1 saturated carbocycles. The van der Waals surface area contributed by atoms with E-state index in [9.17, 15) is 14.4 Å². The molecular formula is C22H19FN8O. The van der Waals surface area contributed by atoms with Crippen molar-refractivity contribution in [1.82, 2.24) is 14.8 Å². The summed E-state index contributed by atoms with van der Waals surface area (Å²) in [5, 5.41) is 27.2. The molecule has 0 aliphatic heterocycles. The van der Waals surface area contributed by atoms with E-state index in [1.807, 2.05) is 12.1 Å². The number of hydrazone groups is 1. The third-order valence-electron chi connectivity index (χ3n) is 4.90. The van der Waals surface area contributed by atoms with Gasteiger partial charge in [0.15, 0.2) is 5.82 Å². The van der Waals surface area contributed by atoms with Crippen molar-refractivity contribution >= 4 is 29.8 Å². The first kappa shape index (κ1) is 20.9. The molecule has 0 saturated heterocycles. The second kappa shape index (κ2) is 9.18. The van der Waals surface area contributed by atoms with Crippen molar-refractivity contribution in [1.29, 1.82) is 10.7 Å². The van der Waals surface area contributed by atoms with Crippen LogP contribution in [0, 0.1) is 22.6 Å². The minimum absolute atomic E-state index is 0.189. The molecule has 4 rings (SSSR count). The molecule has 0 radical (unpaired) electrons. The predicted octanol–water partition coefficient (Wildman–Crippen LogP) is 3.51. The zero-order valence-electron chi connectivity index (χ0n) is 16.9.